The molecule has 1 fully saturated rings. The topological polar surface area (TPSA) is 104 Å². The molecule has 9 heteroatoms. The minimum atomic E-state index is -0.888. The summed E-state index contributed by atoms with van der Waals surface area (Å²) < 4.78 is 27.1. The van der Waals surface area contributed by atoms with Crippen LogP contribution in [0.15, 0.2) is 72.3 Å². The van der Waals surface area contributed by atoms with E-state index in [1.165, 1.54) is 26.2 Å². The average Bonchev–Trinajstić information content (AvgIpc) is 3.21. The Morgan fingerprint density at radius 3 is 2.08 bits per heavy atom. The molecule has 1 N–H and O–H groups in total. The third-order valence-corrected chi connectivity index (χ3v) is 6.27. The van der Waals surface area contributed by atoms with E-state index in [1.807, 2.05) is 0 Å². The zero-order valence-electron chi connectivity index (χ0n) is 21.6. The van der Waals surface area contributed by atoms with Crippen LogP contribution in [0.4, 0.5) is 0 Å². The molecule has 0 radical (unpaired) electrons. The lowest BCUT2D eigenvalue weighted by Gasteiger charge is -2.25. The Bertz CT molecular complexity index is 1350. The third-order valence-electron chi connectivity index (χ3n) is 6.27. The van der Waals surface area contributed by atoms with Gasteiger partial charge in [-0.3, -0.25) is 9.59 Å². The largest absolute Gasteiger partial charge is 0.507 e. The van der Waals surface area contributed by atoms with Gasteiger partial charge in [0.05, 0.1) is 52.2 Å². The van der Waals surface area contributed by atoms with Crippen molar-refractivity contribution in [1.29, 1.82) is 0 Å². The van der Waals surface area contributed by atoms with E-state index in [1.54, 1.807) is 73.8 Å². The van der Waals surface area contributed by atoms with Crippen LogP contribution in [0.25, 0.3) is 5.76 Å². The second-order valence-electron chi connectivity index (χ2n) is 8.36. The van der Waals surface area contributed by atoms with Crippen molar-refractivity contribution in [2.45, 2.75) is 6.04 Å². The Morgan fingerprint density at radius 2 is 1.42 bits per heavy atom. The summed E-state index contributed by atoms with van der Waals surface area (Å²) in [5.41, 5.74) is 0.753. The van der Waals surface area contributed by atoms with Crippen LogP contribution in [0.5, 0.6) is 28.7 Å². The lowest BCUT2D eigenvalue weighted by atomic mass is 9.94. The van der Waals surface area contributed by atoms with E-state index in [0.29, 0.717) is 34.3 Å². The Morgan fingerprint density at radius 1 is 0.789 bits per heavy atom. The molecule has 0 aromatic heterocycles. The summed E-state index contributed by atoms with van der Waals surface area (Å²) in [7, 11) is 6.04. The lowest BCUT2D eigenvalue weighted by molar-refractivity contribution is -0.140. The van der Waals surface area contributed by atoms with Crippen LogP contribution in [0.2, 0.25) is 0 Å². The average molecular weight is 520 g/mol. The number of benzene rings is 3. The highest BCUT2D eigenvalue weighted by atomic mass is 16.5. The summed E-state index contributed by atoms with van der Waals surface area (Å²) in [4.78, 5) is 28.0. The number of rotatable bonds is 10. The number of carbonyl (C=O) groups excluding carboxylic acids is 2. The summed E-state index contributed by atoms with van der Waals surface area (Å²) in [6.07, 6.45) is 0. The Balaban J connectivity index is 1.75. The van der Waals surface area contributed by atoms with Gasteiger partial charge in [-0.2, -0.15) is 0 Å². The van der Waals surface area contributed by atoms with E-state index in [2.05, 4.69) is 0 Å². The minimum absolute atomic E-state index is 0.0701. The molecule has 38 heavy (non-hydrogen) atoms. The van der Waals surface area contributed by atoms with Crippen LogP contribution in [0.1, 0.15) is 17.2 Å². The van der Waals surface area contributed by atoms with E-state index in [4.69, 9.17) is 23.7 Å². The van der Waals surface area contributed by atoms with Gasteiger partial charge in [-0.25, -0.2) is 0 Å². The molecule has 1 aliphatic rings. The van der Waals surface area contributed by atoms with Gasteiger partial charge < -0.3 is 33.7 Å². The van der Waals surface area contributed by atoms with Gasteiger partial charge in [0.25, 0.3) is 11.7 Å². The van der Waals surface area contributed by atoms with Crippen molar-refractivity contribution < 1.29 is 38.4 Å². The standard InChI is InChI=1S/C29H29NO8/c1-34-19-8-10-20(11-9-19)38-15-14-30-26(18-6-5-7-21(16-18)35-2)25(28(32)29(30)33)27(31)23-17-22(36-3)12-13-24(23)37-4/h5-13,16-17,26,31H,14-15H2,1-4H3/b27-25+. The normalized spacial score (nSPS) is 16.3. The van der Waals surface area contributed by atoms with Gasteiger partial charge in [0, 0.05) is 0 Å². The smallest absolute Gasteiger partial charge is 0.295 e. The second-order valence-corrected chi connectivity index (χ2v) is 8.36. The van der Waals surface area contributed by atoms with E-state index < -0.39 is 17.7 Å². The van der Waals surface area contributed by atoms with Crippen LogP contribution in [0, 0.1) is 0 Å². The molecule has 3 aromatic rings. The van der Waals surface area contributed by atoms with Gasteiger partial charge >= 0.3 is 0 Å². The van der Waals surface area contributed by atoms with Crippen molar-refractivity contribution in [1.82, 2.24) is 4.90 Å². The first-order valence-corrected chi connectivity index (χ1v) is 11.8. The fourth-order valence-electron chi connectivity index (χ4n) is 4.35. The second kappa shape index (κ2) is 11.6. The Labute approximate surface area is 220 Å². The van der Waals surface area contributed by atoms with Gasteiger partial charge in [-0.1, -0.05) is 12.1 Å². The maximum atomic E-state index is 13.4. The predicted molar refractivity (Wildman–Crippen MR) is 140 cm³/mol. The van der Waals surface area contributed by atoms with E-state index in [-0.39, 0.29) is 30.0 Å². The molecule has 1 atom stereocenters. The molecular weight excluding hydrogens is 490 g/mol. The lowest BCUT2D eigenvalue weighted by Crippen LogP contribution is -2.33. The molecule has 4 rings (SSSR count). The number of hydrogen-bond acceptors (Lipinski definition) is 8. The first-order chi connectivity index (χ1) is 18.4. The number of nitrogens with zero attached hydrogens (tertiary/aromatic N) is 1. The van der Waals surface area contributed by atoms with Crippen LogP contribution in [-0.4, -0.2) is 63.3 Å². The quantitative estimate of drug-likeness (QED) is 0.241. The summed E-state index contributed by atoms with van der Waals surface area (Å²) in [5, 5.41) is 11.4. The highest BCUT2D eigenvalue weighted by Gasteiger charge is 2.46. The molecule has 1 heterocycles. The predicted octanol–water partition coefficient (Wildman–Crippen LogP) is 4.22. The summed E-state index contributed by atoms with van der Waals surface area (Å²) in [5.74, 6) is 0.653. The number of likely N-dealkylation sites (tertiary alicyclic amines) is 1. The molecule has 1 amide bonds. The molecule has 1 unspecified atom stereocenters. The maximum Gasteiger partial charge on any atom is 0.295 e. The highest BCUT2D eigenvalue weighted by molar-refractivity contribution is 6.46. The first kappa shape index (κ1) is 26.4. The molecule has 9 nitrogen and oxygen atoms in total. The SMILES string of the molecule is COc1ccc(OCCN2C(=O)C(=O)/C(=C(/O)c3cc(OC)ccc3OC)C2c2cccc(OC)c2)cc1. The van der Waals surface area contributed by atoms with Crippen molar-refractivity contribution >= 4 is 17.4 Å². The van der Waals surface area contributed by atoms with Gasteiger partial charge in [0.2, 0.25) is 0 Å². The number of ketones is 1. The third kappa shape index (κ3) is 5.22. The summed E-state index contributed by atoms with van der Waals surface area (Å²) in [6, 6.07) is 18.0. The fourth-order valence-corrected chi connectivity index (χ4v) is 4.35. The Kier molecular flexibility index (Phi) is 8.06. The van der Waals surface area contributed by atoms with Gasteiger partial charge in [0.15, 0.2) is 0 Å². The molecule has 0 saturated carbocycles. The van der Waals surface area contributed by atoms with Gasteiger partial charge in [0.1, 0.15) is 41.1 Å². The monoisotopic (exact) mass is 519 g/mol. The van der Waals surface area contributed by atoms with E-state index >= 15 is 0 Å². The minimum Gasteiger partial charge on any atom is -0.507 e. The molecule has 0 bridgehead atoms. The van der Waals surface area contributed by atoms with Crippen LogP contribution in [0.3, 0.4) is 0 Å². The van der Waals surface area contributed by atoms with Crippen LogP contribution >= 0.6 is 0 Å². The molecule has 198 valence electrons. The molecule has 1 aliphatic heterocycles. The van der Waals surface area contributed by atoms with Crippen molar-refractivity contribution in [3.8, 4) is 28.7 Å². The molecule has 3 aromatic carbocycles. The molecule has 0 spiro atoms. The zero-order chi connectivity index (χ0) is 27.2. The summed E-state index contributed by atoms with van der Waals surface area (Å²) >= 11 is 0. The van der Waals surface area contributed by atoms with E-state index in [0.717, 1.165) is 0 Å². The number of Topliss-reactive ketones (excluding diaryl/α,β-unsaturated/α-hetero) is 1. The molecule has 0 aliphatic carbocycles. The number of amides is 1. The highest BCUT2D eigenvalue weighted by Crippen LogP contribution is 2.42. The number of carbonyl (C=O) groups is 2. The molecule has 1 saturated heterocycles. The number of ether oxygens (including phenoxy) is 5. The van der Waals surface area contributed by atoms with Gasteiger partial charge in [-0.05, 0) is 60.2 Å². The van der Waals surface area contributed by atoms with Crippen LogP contribution < -0.4 is 23.7 Å². The number of aliphatic hydroxyl groups is 1. The first-order valence-electron chi connectivity index (χ1n) is 11.8. The van der Waals surface area contributed by atoms with Crippen molar-refractivity contribution in [3.63, 3.8) is 0 Å². The Hall–Kier alpha value is -4.66. The number of aliphatic hydroxyl groups excluding tert-OH is 1. The number of methoxy groups -OCH3 is 4. The van der Waals surface area contributed by atoms with E-state index in [9.17, 15) is 14.7 Å². The van der Waals surface area contributed by atoms with Crippen molar-refractivity contribution in [2.24, 2.45) is 0 Å². The van der Waals surface area contributed by atoms with Gasteiger partial charge in [-0.15, -0.1) is 0 Å². The van der Waals surface area contributed by atoms with Crippen molar-refractivity contribution in [2.75, 3.05) is 41.6 Å². The summed E-state index contributed by atoms with van der Waals surface area (Å²) in [6.45, 7) is 0.201. The molecular formula is C29H29NO8. The fraction of sp³-hybridized carbons (Fsp3) is 0.241. The zero-order valence-corrected chi connectivity index (χ0v) is 21.6. The van der Waals surface area contributed by atoms with Crippen LogP contribution in [-0.2, 0) is 9.59 Å². The van der Waals surface area contributed by atoms with Crippen molar-refractivity contribution in [3.05, 3.63) is 83.4 Å². The maximum absolute atomic E-state index is 13.4. The number of hydrogen-bond donors (Lipinski definition) is 1.